The molecule has 0 unspecified atom stereocenters. The van der Waals surface area contributed by atoms with Crippen molar-refractivity contribution >= 4 is 23.0 Å². The first-order chi connectivity index (χ1) is 17.0. The van der Waals surface area contributed by atoms with Gasteiger partial charge in [0.1, 0.15) is 5.82 Å². The summed E-state index contributed by atoms with van der Waals surface area (Å²) in [6.45, 7) is 3.71. The molecule has 1 aliphatic rings. The van der Waals surface area contributed by atoms with Gasteiger partial charge in [0.15, 0.2) is 11.2 Å². The molecule has 3 heterocycles. The number of halogens is 1. The zero-order chi connectivity index (χ0) is 24.4. The van der Waals surface area contributed by atoms with E-state index in [1.54, 1.807) is 35.4 Å². The number of rotatable bonds is 9. The highest BCUT2D eigenvalue weighted by molar-refractivity contribution is 5.77. The summed E-state index contributed by atoms with van der Waals surface area (Å²) in [5.74, 6) is -0.433. The van der Waals surface area contributed by atoms with Crippen LogP contribution in [0.3, 0.4) is 0 Å². The van der Waals surface area contributed by atoms with Gasteiger partial charge >= 0.3 is 0 Å². The molecular formula is C23H26FN9O2. The number of amides is 1. The van der Waals surface area contributed by atoms with Gasteiger partial charge in [-0.2, -0.15) is 14.8 Å². The fraction of sp³-hybridized carbons (Fsp3) is 0.391. The van der Waals surface area contributed by atoms with E-state index >= 15 is 4.39 Å². The summed E-state index contributed by atoms with van der Waals surface area (Å²) in [6.07, 6.45) is 7.18. The molecule has 5 rings (SSSR count). The lowest BCUT2D eigenvalue weighted by atomic mass is 10.1. The molecule has 4 aromatic rings. The average Bonchev–Trinajstić information content (AvgIpc) is 3.59. The lowest BCUT2D eigenvalue weighted by molar-refractivity contribution is -0.121. The van der Waals surface area contributed by atoms with Crippen molar-refractivity contribution in [2.75, 3.05) is 18.5 Å². The fourth-order valence-corrected chi connectivity index (χ4v) is 4.32. The maximum Gasteiger partial charge on any atom is 0.225 e. The van der Waals surface area contributed by atoms with Gasteiger partial charge in [0.05, 0.1) is 31.2 Å². The average molecular weight is 480 g/mol. The molecule has 1 aliphatic carbocycles. The maximum absolute atomic E-state index is 15.1. The predicted octanol–water partition coefficient (Wildman–Crippen LogP) is 2.32. The van der Waals surface area contributed by atoms with Gasteiger partial charge in [-0.05, 0) is 38.3 Å². The quantitative estimate of drug-likeness (QED) is 0.349. The van der Waals surface area contributed by atoms with Crippen LogP contribution in [0.15, 0.2) is 36.8 Å². The summed E-state index contributed by atoms with van der Waals surface area (Å²) in [6, 6.07) is 4.89. The number of carbonyl (C=O) groups is 1. The van der Waals surface area contributed by atoms with Crippen LogP contribution in [-0.2, 0) is 16.1 Å². The number of aromatic nitrogens is 7. The van der Waals surface area contributed by atoms with Gasteiger partial charge in [-0.3, -0.25) is 9.48 Å². The van der Waals surface area contributed by atoms with Gasteiger partial charge in [0.2, 0.25) is 11.9 Å². The molecule has 35 heavy (non-hydrogen) atoms. The molecule has 0 spiro atoms. The van der Waals surface area contributed by atoms with Gasteiger partial charge < -0.3 is 15.8 Å². The molecule has 182 valence electrons. The van der Waals surface area contributed by atoms with Crippen molar-refractivity contribution in [3.05, 3.63) is 42.6 Å². The topological polar surface area (TPSA) is 139 Å². The smallest absolute Gasteiger partial charge is 0.225 e. The Morgan fingerprint density at radius 2 is 2.20 bits per heavy atom. The number of hydrogen-bond donors (Lipinski definition) is 2. The number of nitrogens with zero attached hydrogens (tertiary/aromatic N) is 7. The standard InChI is InChI=1S/C23H26FN9O2/c1-2-35-8-7-32-13-15(11-27-32)18-6-5-17(10-19(18)24)33-22-20(30-31-33)12-26-23(29-22)28-16-4-3-14(9-16)21(25)34/h5-6,10-14,16H,2-4,7-9H2,1H3,(H2,25,34)(H,26,28,29)/t14-,16-/m1/s1. The molecule has 1 fully saturated rings. The Hall–Kier alpha value is -3.93. The Kier molecular flexibility index (Phi) is 6.36. The van der Waals surface area contributed by atoms with Crippen molar-refractivity contribution in [2.45, 2.75) is 38.8 Å². The first kappa shape index (κ1) is 22.8. The number of hydrogen-bond acceptors (Lipinski definition) is 8. The highest BCUT2D eigenvalue weighted by Gasteiger charge is 2.29. The van der Waals surface area contributed by atoms with Gasteiger partial charge in [0.25, 0.3) is 0 Å². The highest BCUT2D eigenvalue weighted by atomic mass is 19.1. The fourth-order valence-electron chi connectivity index (χ4n) is 4.32. The van der Waals surface area contributed by atoms with Crippen molar-refractivity contribution in [1.82, 2.24) is 34.7 Å². The predicted molar refractivity (Wildman–Crippen MR) is 126 cm³/mol. The van der Waals surface area contributed by atoms with Crippen LogP contribution in [0.1, 0.15) is 26.2 Å². The number of ether oxygens (including phenoxy) is 1. The molecule has 3 aromatic heterocycles. The van der Waals surface area contributed by atoms with Gasteiger partial charge in [-0.25, -0.2) is 9.37 Å². The molecule has 12 heteroatoms. The molecule has 1 aromatic carbocycles. The second kappa shape index (κ2) is 9.74. The maximum atomic E-state index is 15.1. The summed E-state index contributed by atoms with van der Waals surface area (Å²) in [5.41, 5.74) is 7.95. The second-order valence-corrected chi connectivity index (χ2v) is 8.51. The molecule has 0 aliphatic heterocycles. The summed E-state index contributed by atoms with van der Waals surface area (Å²) < 4.78 is 23.6. The van der Waals surface area contributed by atoms with E-state index in [1.807, 2.05) is 6.92 Å². The van der Waals surface area contributed by atoms with Crippen LogP contribution in [0.2, 0.25) is 0 Å². The van der Waals surface area contributed by atoms with Crippen LogP contribution >= 0.6 is 0 Å². The Morgan fingerprint density at radius 1 is 1.31 bits per heavy atom. The molecule has 3 N–H and O–H groups in total. The minimum absolute atomic E-state index is 0.0560. The van der Waals surface area contributed by atoms with Crippen LogP contribution in [-0.4, -0.2) is 59.9 Å². The summed E-state index contributed by atoms with van der Waals surface area (Å²) in [5, 5.41) is 15.8. The SMILES string of the molecule is CCOCCn1cc(-c2ccc(-n3nnc4cnc(N[C@@H]5CC[C@@H](C(N)=O)C5)nc43)cc2F)cn1. The first-order valence-electron chi connectivity index (χ1n) is 11.6. The number of anilines is 1. The van der Waals surface area contributed by atoms with Crippen LogP contribution in [0.4, 0.5) is 10.3 Å². The minimum atomic E-state index is -0.411. The lowest BCUT2D eigenvalue weighted by Crippen LogP contribution is -2.23. The van der Waals surface area contributed by atoms with E-state index in [2.05, 4.69) is 30.7 Å². The molecule has 1 saturated carbocycles. The largest absolute Gasteiger partial charge is 0.380 e. The third-order valence-corrected chi connectivity index (χ3v) is 6.17. The second-order valence-electron chi connectivity index (χ2n) is 8.51. The Labute approximate surface area is 200 Å². The van der Waals surface area contributed by atoms with Crippen molar-refractivity contribution in [3.8, 4) is 16.8 Å². The van der Waals surface area contributed by atoms with Crippen LogP contribution in [0, 0.1) is 11.7 Å². The van der Waals surface area contributed by atoms with Crippen molar-refractivity contribution in [3.63, 3.8) is 0 Å². The summed E-state index contributed by atoms with van der Waals surface area (Å²) in [7, 11) is 0. The molecule has 0 radical (unpaired) electrons. The van der Waals surface area contributed by atoms with Crippen molar-refractivity contribution < 1.29 is 13.9 Å². The van der Waals surface area contributed by atoms with Gasteiger partial charge in [-0.1, -0.05) is 5.21 Å². The van der Waals surface area contributed by atoms with Crippen LogP contribution < -0.4 is 11.1 Å². The van der Waals surface area contributed by atoms with Crippen LogP contribution in [0.25, 0.3) is 28.0 Å². The normalized spacial score (nSPS) is 17.8. The van der Waals surface area contributed by atoms with Crippen LogP contribution in [0.5, 0.6) is 0 Å². The summed E-state index contributed by atoms with van der Waals surface area (Å²) in [4.78, 5) is 20.3. The van der Waals surface area contributed by atoms with E-state index in [0.29, 0.717) is 60.1 Å². The monoisotopic (exact) mass is 479 g/mol. The molecule has 0 saturated heterocycles. The third-order valence-electron chi connectivity index (χ3n) is 6.17. The van der Waals surface area contributed by atoms with Crippen molar-refractivity contribution in [1.29, 1.82) is 0 Å². The Bertz CT molecular complexity index is 1350. The number of nitrogens with two attached hydrogens (primary N) is 1. The van der Waals surface area contributed by atoms with Gasteiger partial charge in [0, 0.05) is 42.0 Å². The van der Waals surface area contributed by atoms with Gasteiger partial charge in [-0.15, -0.1) is 5.10 Å². The van der Waals surface area contributed by atoms with E-state index in [1.165, 1.54) is 10.7 Å². The summed E-state index contributed by atoms with van der Waals surface area (Å²) >= 11 is 0. The molecular weight excluding hydrogens is 453 g/mol. The zero-order valence-corrected chi connectivity index (χ0v) is 19.3. The van der Waals surface area contributed by atoms with E-state index in [0.717, 1.165) is 12.8 Å². The minimum Gasteiger partial charge on any atom is -0.380 e. The number of benzene rings is 1. The van der Waals surface area contributed by atoms with E-state index in [-0.39, 0.29) is 17.9 Å². The third kappa shape index (κ3) is 4.83. The number of carbonyl (C=O) groups excluding carboxylic acids is 1. The Morgan fingerprint density at radius 3 is 2.97 bits per heavy atom. The van der Waals surface area contributed by atoms with E-state index < -0.39 is 5.82 Å². The van der Waals surface area contributed by atoms with E-state index in [9.17, 15) is 4.79 Å². The molecule has 0 bridgehead atoms. The molecule has 2 atom stereocenters. The number of primary amides is 1. The number of nitrogens with one attached hydrogen (secondary N) is 1. The zero-order valence-electron chi connectivity index (χ0n) is 19.3. The number of fused-ring (bicyclic) bond motifs is 1. The van der Waals surface area contributed by atoms with E-state index in [4.69, 9.17) is 10.5 Å². The first-order valence-corrected chi connectivity index (χ1v) is 11.6. The highest BCUT2D eigenvalue weighted by Crippen LogP contribution is 2.28. The Balaban J connectivity index is 1.36. The lowest BCUT2D eigenvalue weighted by Gasteiger charge is -2.12. The molecule has 11 nitrogen and oxygen atoms in total. The van der Waals surface area contributed by atoms with Crippen molar-refractivity contribution in [2.24, 2.45) is 11.7 Å². The molecule has 1 amide bonds.